The number of ether oxygens (including phenoxy) is 1. The van der Waals surface area contributed by atoms with Gasteiger partial charge in [-0.25, -0.2) is 8.42 Å². The Bertz CT molecular complexity index is 1090. The van der Waals surface area contributed by atoms with Crippen LogP contribution in [0, 0.1) is 12.8 Å². The van der Waals surface area contributed by atoms with Gasteiger partial charge in [-0.2, -0.15) is 0 Å². The van der Waals surface area contributed by atoms with Crippen LogP contribution >= 0.6 is 0 Å². The molecule has 2 atom stereocenters. The van der Waals surface area contributed by atoms with Crippen molar-refractivity contribution in [2.24, 2.45) is 5.92 Å². The summed E-state index contributed by atoms with van der Waals surface area (Å²) in [4.78, 5) is 25.5. The van der Waals surface area contributed by atoms with Gasteiger partial charge in [0.05, 0.1) is 12.9 Å². The van der Waals surface area contributed by atoms with Gasteiger partial charge in [0.25, 0.3) is 0 Å². The average Bonchev–Trinajstić information content (AvgIpc) is 2.67. The van der Waals surface area contributed by atoms with E-state index in [1.165, 1.54) is 6.08 Å². The van der Waals surface area contributed by atoms with E-state index in [1.807, 2.05) is 37.3 Å². The highest BCUT2D eigenvalue weighted by atomic mass is 32.2. The zero-order valence-electron chi connectivity index (χ0n) is 17.2. The lowest BCUT2D eigenvalue weighted by Crippen LogP contribution is -2.34. The fourth-order valence-electron chi connectivity index (χ4n) is 3.71. The molecule has 0 saturated carbocycles. The van der Waals surface area contributed by atoms with Crippen LogP contribution in [-0.2, 0) is 24.3 Å². The fraction of sp³-hybridized carbons (Fsp3) is 0.304. The van der Waals surface area contributed by atoms with E-state index in [1.54, 1.807) is 25.1 Å². The van der Waals surface area contributed by atoms with Crippen molar-refractivity contribution in [2.45, 2.75) is 26.2 Å². The second-order valence-corrected chi connectivity index (χ2v) is 9.23. The van der Waals surface area contributed by atoms with Crippen LogP contribution in [0.15, 0.2) is 54.6 Å². The van der Waals surface area contributed by atoms with Crippen molar-refractivity contribution >= 4 is 33.0 Å². The second kappa shape index (κ2) is 8.83. The van der Waals surface area contributed by atoms with Gasteiger partial charge < -0.3 is 4.74 Å². The minimum absolute atomic E-state index is 0.207. The molecule has 1 N–H and O–H groups in total. The highest BCUT2D eigenvalue weighted by molar-refractivity contribution is 7.92. The maximum Gasteiger partial charge on any atom is 0.317 e. The molecular formula is C23H25NO5S. The summed E-state index contributed by atoms with van der Waals surface area (Å²) in [6.45, 7) is 3.90. The summed E-state index contributed by atoms with van der Waals surface area (Å²) in [5.74, 6) is -2.07. The van der Waals surface area contributed by atoms with Gasteiger partial charge in [0.15, 0.2) is 5.78 Å². The first-order valence-electron chi connectivity index (χ1n) is 9.74. The Kier molecular flexibility index (Phi) is 6.41. The number of aryl methyl sites for hydroxylation is 1. The summed E-state index contributed by atoms with van der Waals surface area (Å²) in [6.07, 6.45) is 3.02. The monoisotopic (exact) mass is 427 g/mol. The predicted octanol–water partition coefficient (Wildman–Crippen LogP) is 3.69. The summed E-state index contributed by atoms with van der Waals surface area (Å²) in [5.41, 5.74) is 3.88. The molecule has 0 radical (unpaired) electrons. The fourth-order valence-corrected chi connectivity index (χ4v) is 4.26. The van der Waals surface area contributed by atoms with E-state index in [-0.39, 0.29) is 18.3 Å². The number of benzene rings is 2. The Morgan fingerprint density at radius 3 is 2.50 bits per heavy atom. The average molecular weight is 428 g/mol. The van der Waals surface area contributed by atoms with E-state index in [0.717, 1.165) is 28.5 Å². The van der Waals surface area contributed by atoms with Crippen LogP contribution in [0.3, 0.4) is 0 Å². The van der Waals surface area contributed by atoms with Gasteiger partial charge in [0.1, 0.15) is 5.92 Å². The van der Waals surface area contributed by atoms with Gasteiger partial charge in [0.2, 0.25) is 10.0 Å². The molecule has 2 aromatic rings. The molecule has 2 aromatic carbocycles. The van der Waals surface area contributed by atoms with Crippen molar-refractivity contribution in [3.8, 4) is 0 Å². The lowest BCUT2D eigenvalue weighted by atomic mass is 9.73. The number of carbonyl (C=O) groups excluding carboxylic acids is 2. The molecule has 7 heteroatoms. The highest BCUT2D eigenvalue weighted by Gasteiger charge is 2.39. The first kappa shape index (κ1) is 21.8. The lowest BCUT2D eigenvalue weighted by molar-refractivity contribution is -0.151. The largest absolute Gasteiger partial charge is 0.465 e. The molecule has 2 unspecified atom stereocenters. The Morgan fingerprint density at radius 2 is 1.87 bits per heavy atom. The standard InChI is InChI=1S/C23H25NO5S/c1-4-29-23(26)22-20(16-10-8-15(2)9-11-16)13-18(14-21(22)25)17-6-5-7-19(12-17)24-30(3,27)28/h5-12,14,20,22,24H,4,13H2,1-3H3. The number of rotatable bonds is 6. The maximum absolute atomic E-state index is 13.0. The number of esters is 1. The van der Waals surface area contributed by atoms with Crippen molar-refractivity contribution in [3.63, 3.8) is 0 Å². The van der Waals surface area contributed by atoms with Crippen LogP contribution in [0.5, 0.6) is 0 Å². The number of carbonyl (C=O) groups is 2. The van der Waals surface area contributed by atoms with E-state index in [2.05, 4.69) is 4.72 Å². The molecule has 0 saturated heterocycles. The van der Waals surface area contributed by atoms with Gasteiger partial charge in [-0.05, 0) is 55.2 Å². The van der Waals surface area contributed by atoms with Gasteiger partial charge in [0, 0.05) is 11.6 Å². The van der Waals surface area contributed by atoms with Crippen molar-refractivity contribution in [1.82, 2.24) is 0 Å². The van der Waals surface area contributed by atoms with E-state index in [0.29, 0.717) is 12.1 Å². The summed E-state index contributed by atoms with van der Waals surface area (Å²) >= 11 is 0. The van der Waals surface area contributed by atoms with Crippen molar-refractivity contribution in [1.29, 1.82) is 0 Å². The van der Waals surface area contributed by atoms with Crippen LogP contribution in [0.2, 0.25) is 0 Å². The smallest absolute Gasteiger partial charge is 0.317 e. The molecule has 0 aromatic heterocycles. The zero-order valence-corrected chi connectivity index (χ0v) is 18.0. The molecule has 6 nitrogen and oxygen atoms in total. The number of allylic oxidation sites excluding steroid dienone is 2. The molecule has 3 rings (SSSR count). The molecule has 30 heavy (non-hydrogen) atoms. The van der Waals surface area contributed by atoms with Crippen LogP contribution in [0.4, 0.5) is 5.69 Å². The number of ketones is 1. The Labute approximate surface area is 177 Å². The molecular weight excluding hydrogens is 402 g/mol. The van der Waals surface area contributed by atoms with Crippen molar-refractivity contribution in [2.75, 3.05) is 17.6 Å². The minimum atomic E-state index is -3.42. The summed E-state index contributed by atoms with van der Waals surface area (Å²) in [5, 5.41) is 0. The van der Waals surface area contributed by atoms with E-state index < -0.39 is 21.9 Å². The first-order valence-corrected chi connectivity index (χ1v) is 11.6. The molecule has 0 aliphatic heterocycles. The molecule has 0 spiro atoms. The van der Waals surface area contributed by atoms with Gasteiger partial charge in [-0.1, -0.05) is 42.0 Å². The van der Waals surface area contributed by atoms with Gasteiger partial charge >= 0.3 is 5.97 Å². The van der Waals surface area contributed by atoms with Crippen LogP contribution in [0.1, 0.15) is 36.0 Å². The van der Waals surface area contributed by atoms with Crippen LogP contribution < -0.4 is 4.72 Å². The maximum atomic E-state index is 13.0. The molecule has 0 bridgehead atoms. The minimum Gasteiger partial charge on any atom is -0.465 e. The number of hydrogen-bond donors (Lipinski definition) is 1. The Balaban J connectivity index is 2.00. The quantitative estimate of drug-likeness (QED) is 0.561. The van der Waals surface area contributed by atoms with Crippen molar-refractivity contribution < 1.29 is 22.7 Å². The molecule has 1 aliphatic rings. The molecule has 158 valence electrons. The summed E-state index contributed by atoms with van der Waals surface area (Å²) in [7, 11) is -3.42. The molecule has 1 aliphatic carbocycles. The van der Waals surface area contributed by atoms with E-state index in [9.17, 15) is 18.0 Å². The normalized spacial score (nSPS) is 19.2. The number of anilines is 1. The SMILES string of the molecule is CCOC(=O)C1C(=O)C=C(c2cccc(NS(C)(=O)=O)c2)CC1c1ccc(C)cc1. The third kappa shape index (κ3) is 5.16. The Hall–Kier alpha value is -2.93. The third-order valence-corrected chi connectivity index (χ3v) is 5.65. The lowest BCUT2D eigenvalue weighted by Gasteiger charge is -2.29. The topological polar surface area (TPSA) is 89.5 Å². The molecule has 0 heterocycles. The van der Waals surface area contributed by atoms with Gasteiger partial charge in [-0.15, -0.1) is 0 Å². The third-order valence-electron chi connectivity index (χ3n) is 5.05. The van der Waals surface area contributed by atoms with Gasteiger partial charge in [-0.3, -0.25) is 14.3 Å². The van der Waals surface area contributed by atoms with E-state index >= 15 is 0 Å². The van der Waals surface area contributed by atoms with E-state index in [4.69, 9.17) is 4.74 Å². The van der Waals surface area contributed by atoms with Crippen LogP contribution in [0.25, 0.3) is 5.57 Å². The summed E-state index contributed by atoms with van der Waals surface area (Å²) < 4.78 is 30.7. The highest BCUT2D eigenvalue weighted by Crippen LogP contribution is 2.40. The Morgan fingerprint density at radius 1 is 1.17 bits per heavy atom. The summed E-state index contributed by atoms with van der Waals surface area (Å²) in [6, 6.07) is 14.7. The zero-order chi connectivity index (χ0) is 21.9. The number of nitrogens with one attached hydrogen (secondary N) is 1. The predicted molar refractivity (Wildman–Crippen MR) is 117 cm³/mol. The second-order valence-electron chi connectivity index (χ2n) is 7.48. The first-order chi connectivity index (χ1) is 14.2. The molecule has 0 amide bonds. The number of hydrogen-bond acceptors (Lipinski definition) is 5. The van der Waals surface area contributed by atoms with Crippen LogP contribution in [-0.4, -0.2) is 33.0 Å². The number of sulfonamides is 1. The van der Waals surface area contributed by atoms with Crippen molar-refractivity contribution in [3.05, 3.63) is 71.3 Å². The molecule has 0 fully saturated rings.